The highest BCUT2D eigenvalue weighted by Gasteiger charge is 2.30. The van der Waals surface area contributed by atoms with Crippen LogP contribution in [-0.2, 0) is 9.53 Å². The number of carbonyl (C=O) groups excluding carboxylic acids is 1. The molecule has 2 heterocycles. The molecule has 1 aromatic rings. The summed E-state index contributed by atoms with van der Waals surface area (Å²) in [7, 11) is 1.75. The monoisotopic (exact) mass is 381 g/mol. The number of morpholine rings is 1. The zero-order valence-corrected chi connectivity index (χ0v) is 16.3. The number of aliphatic carboxylic acids is 1. The van der Waals surface area contributed by atoms with Crippen molar-refractivity contribution in [2.75, 3.05) is 39.8 Å². The average Bonchev–Trinajstić information content (AvgIpc) is 3.23. The van der Waals surface area contributed by atoms with E-state index >= 15 is 0 Å². The molecule has 1 aromatic heterocycles. The third kappa shape index (κ3) is 4.61. The van der Waals surface area contributed by atoms with Crippen LogP contribution in [0.5, 0.6) is 0 Å². The number of carboxylic acid groups (broad SMARTS) is 1. The largest absolute Gasteiger partial charge is 0.480 e. The van der Waals surface area contributed by atoms with Crippen LogP contribution in [0.1, 0.15) is 52.0 Å². The van der Waals surface area contributed by atoms with Crippen molar-refractivity contribution in [2.24, 2.45) is 0 Å². The fourth-order valence-corrected chi connectivity index (χ4v) is 4.97. The van der Waals surface area contributed by atoms with Gasteiger partial charge in [0.25, 0.3) is 5.91 Å². The highest BCUT2D eigenvalue weighted by molar-refractivity contribution is 7.13. The van der Waals surface area contributed by atoms with E-state index in [-0.39, 0.29) is 18.6 Å². The number of likely N-dealkylation sites (N-methyl/N-ethyl adjacent to an activating group) is 1. The Morgan fingerprint density at radius 2 is 2.12 bits per heavy atom. The lowest BCUT2D eigenvalue weighted by Gasteiger charge is -2.34. The molecular weight excluding hydrogens is 354 g/mol. The number of aryl methyl sites for hydroxylation is 1. The molecule has 0 aromatic carbocycles. The second-order valence-corrected chi connectivity index (χ2v) is 8.31. The van der Waals surface area contributed by atoms with Crippen LogP contribution >= 0.6 is 11.3 Å². The van der Waals surface area contributed by atoms with E-state index in [1.165, 1.54) is 25.7 Å². The Morgan fingerprint density at radius 1 is 1.38 bits per heavy atom. The first kappa shape index (κ1) is 19.3. The van der Waals surface area contributed by atoms with Gasteiger partial charge in [0.15, 0.2) is 0 Å². The van der Waals surface area contributed by atoms with E-state index < -0.39 is 5.97 Å². The fourth-order valence-electron chi connectivity index (χ4n) is 3.76. The maximum absolute atomic E-state index is 13.0. The molecule has 0 radical (unpaired) electrons. The van der Waals surface area contributed by atoms with Crippen molar-refractivity contribution >= 4 is 23.2 Å². The van der Waals surface area contributed by atoms with Gasteiger partial charge in [-0.1, -0.05) is 12.8 Å². The summed E-state index contributed by atoms with van der Waals surface area (Å²) in [6.07, 6.45) is 4.69. The average molecular weight is 381 g/mol. The molecule has 1 aliphatic carbocycles. The Kier molecular flexibility index (Phi) is 6.26. The smallest absolute Gasteiger partial charge is 0.317 e. The number of carboxylic acids is 1. The maximum Gasteiger partial charge on any atom is 0.317 e. The lowest BCUT2D eigenvalue weighted by atomic mass is 10.1. The third-order valence-corrected chi connectivity index (χ3v) is 6.37. The van der Waals surface area contributed by atoms with Crippen LogP contribution in [0, 0.1) is 6.92 Å². The van der Waals surface area contributed by atoms with Crippen molar-refractivity contribution in [1.82, 2.24) is 14.8 Å². The Hall–Kier alpha value is -1.51. The number of aromatic nitrogens is 1. The van der Waals surface area contributed by atoms with E-state index in [0.29, 0.717) is 32.2 Å². The lowest BCUT2D eigenvalue weighted by molar-refractivity contribution is -0.138. The van der Waals surface area contributed by atoms with Gasteiger partial charge in [0.05, 0.1) is 30.0 Å². The molecule has 3 rings (SSSR count). The molecule has 1 saturated heterocycles. The van der Waals surface area contributed by atoms with Crippen LogP contribution in [0.25, 0.3) is 0 Å². The number of carbonyl (C=O) groups is 2. The Labute approximate surface area is 158 Å². The molecule has 0 unspecified atom stereocenters. The van der Waals surface area contributed by atoms with Gasteiger partial charge in [-0.25, -0.2) is 4.98 Å². The Morgan fingerprint density at radius 3 is 2.81 bits per heavy atom. The van der Waals surface area contributed by atoms with Gasteiger partial charge < -0.3 is 14.7 Å². The van der Waals surface area contributed by atoms with Crippen LogP contribution in [0.2, 0.25) is 0 Å². The topological polar surface area (TPSA) is 83.0 Å². The summed E-state index contributed by atoms with van der Waals surface area (Å²) in [6, 6.07) is 0. The van der Waals surface area contributed by atoms with Gasteiger partial charge in [0.1, 0.15) is 4.88 Å². The van der Waals surface area contributed by atoms with Gasteiger partial charge >= 0.3 is 5.97 Å². The number of nitrogens with zero attached hydrogens (tertiary/aromatic N) is 3. The quantitative estimate of drug-likeness (QED) is 0.811. The summed E-state index contributed by atoms with van der Waals surface area (Å²) >= 11 is 1.55. The number of thiazole rings is 1. The predicted octanol–water partition coefficient (Wildman–Crippen LogP) is 1.97. The number of hydrogen-bond acceptors (Lipinski definition) is 6. The number of ether oxygens (including phenoxy) is 1. The molecule has 0 bridgehead atoms. The SMILES string of the molecule is Cc1nc(C2CCCC2)sc1C(=O)N1CCO[C@H](CN(C)CC(=O)O)C1. The summed E-state index contributed by atoms with van der Waals surface area (Å²) in [4.78, 5) is 32.7. The van der Waals surface area contributed by atoms with Crippen LogP contribution in [0.3, 0.4) is 0 Å². The minimum atomic E-state index is -0.865. The Bertz CT molecular complexity index is 657. The first-order valence-electron chi connectivity index (χ1n) is 9.22. The van der Waals surface area contributed by atoms with Crippen LogP contribution in [0.4, 0.5) is 0 Å². The number of hydrogen-bond donors (Lipinski definition) is 1. The lowest BCUT2D eigenvalue weighted by Crippen LogP contribution is -2.49. The van der Waals surface area contributed by atoms with Crippen molar-refractivity contribution in [1.29, 1.82) is 0 Å². The summed E-state index contributed by atoms with van der Waals surface area (Å²) in [5, 5.41) is 9.98. The Balaban J connectivity index is 1.63. The highest BCUT2D eigenvalue weighted by Crippen LogP contribution is 2.37. The van der Waals surface area contributed by atoms with E-state index in [2.05, 4.69) is 4.98 Å². The van der Waals surface area contributed by atoms with Crippen molar-refractivity contribution in [2.45, 2.75) is 44.6 Å². The van der Waals surface area contributed by atoms with E-state index in [1.54, 1.807) is 23.3 Å². The zero-order chi connectivity index (χ0) is 18.7. The van der Waals surface area contributed by atoms with Gasteiger partial charge in [-0.15, -0.1) is 11.3 Å². The molecule has 0 spiro atoms. The molecule has 1 saturated carbocycles. The van der Waals surface area contributed by atoms with Crippen molar-refractivity contribution in [3.63, 3.8) is 0 Å². The van der Waals surface area contributed by atoms with Crippen molar-refractivity contribution in [3.05, 3.63) is 15.6 Å². The molecule has 7 nitrogen and oxygen atoms in total. The number of rotatable bonds is 6. The minimum absolute atomic E-state index is 0.0263. The van der Waals surface area contributed by atoms with Gasteiger partial charge in [-0.05, 0) is 26.8 Å². The molecule has 1 aliphatic heterocycles. The van der Waals surface area contributed by atoms with E-state index in [1.807, 2.05) is 11.8 Å². The van der Waals surface area contributed by atoms with E-state index in [4.69, 9.17) is 9.84 Å². The molecular formula is C18H27N3O4S. The third-order valence-electron chi connectivity index (χ3n) is 5.06. The molecule has 2 fully saturated rings. The first-order valence-corrected chi connectivity index (χ1v) is 10.0. The molecule has 144 valence electrons. The molecule has 1 amide bonds. The second-order valence-electron chi connectivity index (χ2n) is 7.28. The normalized spacial score (nSPS) is 21.5. The summed E-state index contributed by atoms with van der Waals surface area (Å²) in [5.41, 5.74) is 0.827. The summed E-state index contributed by atoms with van der Waals surface area (Å²) < 4.78 is 5.72. The first-order chi connectivity index (χ1) is 12.4. The fraction of sp³-hybridized carbons (Fsp3) is 0.722. The zero-order valence-electron chi connectivity index (χ0n) is 15.4. The predicted molar refractivity (Wildman–Crippen MR) is 98.8 cm³/mol. The standard InChI is InChI=1S/C18H27N3O4S/c1-12-16(26-17(19-12)13-5-3-4-6-13)18(24)21-7-8-25-14(10-21)9-20(2)11-15(22)23/h13-14H,3-11H2,1-2H3,(H,22,23)/t14-/m1/s1. The van der Waals surface area contributed by atoms with Gasteiger partial charge in [0.2, 0.25) is 0 Å². The van der Waals surface area contributed by atoms with E-state index in [0.717, 1.165) is 15.6 Å². The maximum atomic E-state index is 13.0. The molecule has 1 atom stereocenters. The van der Waals surface area contributed by atoms with Crippen LogP contribution in [0.15, 0.2) is 0 Å². The molecule has 8 heteroatoms. The highest BCUT2D eigenvalue weighted by atomic mass is 32.1. The molecule has 2 aliphatic rings. The van der Waals surface area contributed by atoms with Crippen LogP contribution in [-0.4, -0.2) is 77.7 Å². The molecule has 1 N–H and O–H groups in total. The van der Waals surface area contributed by atoms with E-state index in [9.17, 15) is 9.59 Å². The minimum Gasteiger partial charge on any atom is -0.480 e. The van der Waals surface area contributed by atoms with Gasteiger partial charge in [-0.3, -0.25) is 14.5 Å². The molecule has 26 heavy (non-hydrogen) atoms. The number of amides is 1. The summed E-state index contributed by atoms with van der Waals surface area (Å²) in [6.45, 7) is 3.90. The van der Waals surface area contributed by atoms with Gasteiger partial charge in [-0.2, -0.15) is 0 Å². The van der Waals surface area contributed by atoms with Crippen molar-refractivity contribution in [3.8, 4) is 0 Å². The van der Waals surface area contributed by atoms with Gasteiger partial charge in [0, 0.05) is 25.6 Å². The summed E-state index contributed by atoms with van der Waals surface area (Å²) in [5.74, 6) is -0.322. The van der Waals surface area contributed by atoms with Crippen molar-refractivity contribution < 1.29 is 19.4 Å². The second kappa shape index (κ2) is 8.45. The van der Waals surface area contributed by atoms with Crippen LogP contribution < -0.4 is 0 Å².